The molecule has 0 aliphatic heterocycles. The molecule has 1 aromatic carbocycles. The van der Waals surface area contributed by atoms with Crippen LogP contribution in [0.1, 0.15) is 26.3 Å². The summed E-state index contributed by atoms with van der Waals surface area (Å²) in [5, 5.41) is 8.77. The number of rotatable bonds is 4. The number of methoxy groups -OCH3 is 1. The summed E-state index contributed by atoms with van der Waals surface area (Å²) < 4.78 is 15.5. The first-order chi connectivity index (χ1) is 8.85. The minimum atomic E-state index is -0.546. The maximum atomic E-state index is 11.5. The number of ether oxygens (including phenoxy) is 3. The highest BCUT2D eigenvalue weighted by molar-refractivity contribution is 5.71. The number of esters is 1. The van der Waals surface area contributed by atoms with Crippen molar-refractivity contribution in [3.8, 4) is 17.6 Å². The van der Waals surface area contributed by atoms with Crippen LogP contribution in [0, 0.1) is 11.3 Å². The fourth-order valence-electron chi connectivity index (χ4n) is 1.36. The molecule has 0 radical (unpaired) electrons. The van der Waals surface area contributed by atoms with Crippen molar-refractivity contribution in [2.24, 2.45) is 0 Å². The lowest BCUT2D eigenvalue weighted by Gasteiger charge is -2.19. The molecule has 5 heteroatoms. The zero-order chi connectivity index (χ0) is 14.5. The Morgan fingerprint density at radius 2 is 2.00 bits per heavy atom. The maximum Gasteiger partial charge on any atom is 0.344 e. The van der Waals surface area contributed by atoms with Crippen LogP contribution < -0.4 is 9.47 Å². The molecule has 0 saturated heterocycles. The van der Waals surface area contributed by atoms with Gasteiger partial charge in [-0.1, -0.05) is 0 Å². The van der Waals surface area contributed by atoms with E-state index >= 15 is 0 Å². The summed E-state index contributed by atoms with van der Waals surface area (Å²) in [6.45, 7) is 5.15. The van der Waals surface area contributed by atoms with Gasteiger partial charge in [-0.2, -0.15) is 5.26 Å². The predicted molar refractivity (Wildman–Crippen MR) is 69.0 cm³/mol. The van der Waals surface area contributed by atoms with E-state index < -0.39 is 11.6 Å². The minimum absolute atomic E-state index is 0.209. The zero-order valence-corrected chi connectivity index (χ0v) is 11.5. The van der Waals surface area contributed by atoms with E-state index in [4.69, 9.17) is 19.5 Å². The zero-order valence-electron chi connectivity index (χ0n) is 11.5. The third-order valence-electron chi connectivity index (χ3n) is 2.06. The van der Waals surface area contributed by atoms with Gasteiger partial charge in [-0.15, -0.1) is 0 Å². The molecule has 0 unspecified atom stereocenters. The average molecular weight is 263 g/mol. The second-order valence-corrected chi connectivity index (χ2v) is 4.85. The Morgan fingerprint density at radius 1 is 1.32 bits per heavy atom. The fraction of sp³-hybridized carbons (Fsp3) is 0.429. The van der Waals surface area contributed by atoms with Gasteiger partial charge in [-0.25, -0.2) is 4.79 Å². The molecule has 0 aromatic heterocycles. The molecular formula is C14H17NO4. The van der Waals surface area contributed by atoms with Gasteiger partial charge in [0.05, 0.1) is 18.7 Å². The normalized spacial score (nSPS) is 10.5. The Morgan fingerprint density at radius 3 is 2.53 bits per heavy atom. The van der Waals surface area contributed by atoms with E-state index in [0.717, 1.165) is 0 Å². The van der Waals surface area contributed by atoms with Gasteiger partial charge >= 0.3 is 5.97 Å². The molecule has 0 bridgehead atoms. The number of hydrogen-bond donors (Lipinski definition) is 0. The molecule has 19 heavy (non-hydrogen) atoms. The first-order valence-electron chi connectivity index (χ1n) is 5.78. The Hall–Kier alpha value is -2.22. The quantitative estimate of drug-likeness (QED) is 0.779. The topological polar surface area (TPSA) is 68.5 Å². The molecule has 5 nitrogen and oxygen atoms in total. The standard InChI is InChI=1S/C14H17NO4/c1-14(2,3)19-13(16)9-18-11-6-5-10(8-15)7-12(11)17-4/h5-7H,9H2,1-4H3. The number of carbonyl (C=O) groups is 1. The largest absolute Gasteiger partial charge is 0.493 e. The summed E-state index contributed by atoms with van der Waals surface area (Å²) in [5.41, 5.74) is -0.0867. The van der Waals surface area contributed by atoms with Gasteiger partial charge in [0, 0.05) is 6.07 Å². The van der Waals surface area contributed by atoms with Crippen molar-refractivity contribution in [2.75, 3.05) is 13.7 Å². The van der Waals surface area contributed by atoms with Crippen molar-refractivity contribution in [1.29, 1.82) is 5.26 Å². The average Bonchev–Trinajstić information content (AvgIpc) is 2.34. The molecule has 0 spiro atoms. The molecule has 102 valence electrons. The van der Waals surface area contributed by atoms with Crippen molar-refractivity contribution < 1.29 is 19.0 Å². The fourth-order valence-corrected chi connectivity index (χ4v) is 1.36. The van der Waals surface area contributed by atoms with E-state index in [2.05, 4.69) is 0 Å². The number of hydrogen-bond acceptors (Lipinski definition) is 5. The van der Waals surface area contributed by atoms with Crippen molar-refractivity contribution in [3.63, 3.8) is 0 Å². The Bertz CT molecular complexity index is 497. The van der Waals surface area contributed by atoms with Gasteiger partial charge in [0.1, 0.15) is 5.60 Å². The molecule has 0 aliphatic carbocycles. The van der Waals surface area contributed by atoms with Gasteiger partial charge in [0.2, 0.25) is 0 Å². The number of benzene rings is 1. The van der Waals surface area contributed by atoms with E-state index in [1.54, 1.807) is 39.0 Å². The van der Waals surface area contributed by atoms with E-state index in [-0.39, 0.29) is 6.61 Å². The van der Waals surface area contributed by atoms with E-state index in [9.17, 15) is 4.79 Å². The van der Waals surface area contributed by atoms with Crippen LogP contribution in [0.5, 0.6) is 11.5 Å². The Balaban J connectivity index is 2.68. The number of nitrogens with zero attached hydrogens (tertiary/aromatic N) is 1. The van der Waals surface area contributed by atoms with Crippen LogP contribution >= 0.6 is 0 Å². The Labute approximate surface area is 112 Å². The molecular weight excluding hydrogens is 246 g/mol. The lowest BCUT2D eigenvalue weighted by Crippen LogP contribution is -2.27. The molecule has 0 aliphatic rings. The molecule has 1 aromatic rings. The van der Waals surface area contributed by atoms with E-state index in [0.29, 0.717) is 17.1 Å². The lowest BCUT2D eigenvalue weighted by atomic mass is 10.2. The highest BCUT2D eigenvalue weighted by atomic mass is 16.6. The molecule has 0 saturated carbocycles. The maximum absolute atomic E-state index is 11.5. The lowest BCUT2D eigenvalue weighted by molar-refractivity contribution is -0.157. The highest BCUT2D eigenvalue weighted by Crippen LogP contribution is 2.27. The SMILES string of the molecule is COc1cc(C#N)ccc1OCC(=O)OC(C)(C)C. The Kier molecular flexibility index (Phi) is 4.76. The first-order valence-corrected chi connectivity index (χ1v) is 5.78. The number of nitriles is 1. The van der Waals surface area contributed by atoms with Crippen LogP contribution in [-0.4, -0.2) is 25.3 Å². The van der Waals surface area contributed by atoms with Crippen LogP contribution in [-0.2, 0) is 9.53 Å². The minimum Gasteiger partial charge on any atom is -0.493 e. The first kappa shape index (κ1) is 14.8. The third kappa shape index (κ3) is 4.88. The molecule has 0 amide bonds. The molecule has 1 rings (SSSR count). The summed E-state index contributed by atoms with van der Waals surface area (Å²) in [6, 6.07) is 6.72. The van der Waals surface area contributed by atoms with Crippen LogP contribution in [0.2, 0.25) is 0 Å². The monoisotopic (exact) mass is 263 g/mol. The predicted octanol–water partition coefficient (Wildman–Crippen LogP) is 2.29. The van der Waals surface area contributed by atoms with E-state index in [1.165, 1.54) is 7.11 Å². The van der Waals surface area contributed by atoms with Crippen LogP contribution in [0.3, 0.4) is 0 Å². The summed E-state index contributed by atoms with van der Waals surface area (Å²) in [6.07, 6.45) is 0. The highest BCUT2D eigenvalue weighted by Gasteiger charge is 2.17. The molecule has 0 atom stereocenters. The van der Waals surface area contributed by atoms with Gasteiger partial charge < -0.3 is 14.2 Å². The molecule has 0 heterocycles. The van der Waals surface area contributed by atoms with Crippen LogP contribution in [0.4, 0.5) is 0 Å². The van der Waals surface area contributed by atoms with Crippen LogP contribution in [0.15, 0.2) is 18.2 Å². The molecule has 0 N–H and O–H groups in total. The van der Waals surface area contributed by atoms with Crippen molar-refractivity contribution in [2.45, 2.75) is 26.4 Å². The second-order valence-electron chi connectivity index (χ2n) is 4.85. The second kappa shape index (κ2) is 6.10. The molecule has 0 fully saturated rings. The number of carbonyl (C=O) groups excluding carboxylic acids is 1. The van der Waals surface area contributed by atoms with E-state index in [1.807, 2.05) is 6.07 Å². The van der Waals surface area contributed by atoms with Crippen molar-refractivity contribution in [1.82, 2.24) is 0 Å². The summed E-state index contributed by atoms with van der Waals surface area (Å²) in [7, 11) is 1.47. The van der Waals surface area contributed by atoms with Crippen molar-refractivity contribution in [3.05, 3.63) is 23.8 Å². The summed E-state index contributed by atoms with van der Waals surface area (Å²) in [5.74, 6) is 0.342. The smallest absolute Gasteiger partial charge is 0.344 e. The van der Waals surface area contributed by atoms with Gasteiger partial charge in [-0.3, -0.25) is 0 Å². The van der Waals surface area contributed by atoms with Crippen molar-refractivity contribution >= 4 is 5.97 Å². The summed E-state index contributed by atoms with van der Waals surface area (Å²) >= 11 is 0. The van der Waals surface area contributed by atoms with Crippen LogP contribution in [0.25, 0.3) is 0 Å². The van der Waals surface area contributed by atoms with Gasteiger partial charge in [0.15, 0.2) is 18.1 Å². The van der Waals surface area contributed by atoms with Gasteiger partial charge in [0.25, 0.3) is 0 Å². The van der Waals surface area contributed by atoms with Gasteiger partial charge in [-0.05, 0) is 32.9 Å². The summed E-state index contributed by atoms with van der Waals surface area (Å²) in [4.78, 5) is 11.5. The third-order valence-corrected chi connectivity index (χ3v) is 2.06.